The summed E-state index contributed by atoms with van der Waals surface area (Å²) in [5.41, 5.74) is 7.46. The van der Waals surface area contributed by atoms with E-state index in [0.717, 1.165) is 6.42 Å². The Morgan fingerprint density at radius 2 is 1.57 bits per heavy atom. The first kappa shape index (κ1) is 12.8. The van der Waals surface area contributed by atoms with Crippen LogP contribution in [0.25, 0.3) is 11.1 Å². The van der Waals surface area contributed by atoms with Crippen molar-refractivity contribution < 1.29 is 0 Å². The molecule has 0 aromatic heterocycles. The summed E-state index contributed by atoms with van der Waals surface area (Å²) in [6.07, 6.45) is 10.4. The van der Waals surface area contributed by atoms with Crippen molar-refractivity contribution in [2.75, 3.05) is 0 Å². The van der Waals surface area contributed by atoms with Gasteiger partial charge in [0.1, 0.15) is 0 Å². The molecular formula is C20H20Si. The van der Waals surface area contributed by atoms with Gasteiger partial charge in [-0.2, -0.15) is 0 Å². The maximum absolute atomic E-state index is 2.46. The largest absolute Gasteiger partial charge is 0.0734 e. The van der Waals surface area contributed by atoms with Gasteiger partial charge >= 0.3 is 0 Å². The van der Waals surface area contributed by atoms with Gasteiger partial charge in [-0.15, -0.1) is 0 Å². The molecule has 0 spiro atoms. The van der Waals surface area contributed by atoms with Gasteiger partial charge in [-0.3, -0.25) is 0 Å². The fraction of sp³-hybridized carbons (Fsp3) is 0.200. The molecule has 0 N–H and O–H groups in total. The van der Waals surface area contributed by atoms with Crippen molar-refractivity contribution in [3.05, 3.63) is 83.5 Å². The summed E-state index contributed by atoms with van der Waals surface area (Å²) in [4.78, 5) is 0. The molecule has 2 aromatic carbocycles. The highest BCUT2D eigenvalue weighted by Gasteiger charge is 2.36. The van der Waals surface area contributed by atoms with Gasteiger partial charge in [0.25, 0.3) is 0 Å². The van der Waals surface area contributed by atoms with Crippen LogP contribution in [0.15, 0.2) is 66.8 Å². The summed E-state index contributed by atoms with van der Waals surface area (Å²) < 4.78 is 0. The molecule has 2 aromatic rings. The van der Waals surface area contributed by atoms with Crippen LogP contribution in [-0.4, -0.2) is 8.80 Å². The van der Waals surface area contributed by atoms with Crippen molar-refractivity contribution in [3.63, 3.8) is 0 Å². The second kappa shape index (κ2) is 4.57. The summed E-state index contributed by atoms with van der Waals surface area (Å²) in [7, 11) is -0.891. The zero-order chi connectivity index (χ0) is 14.4. The highest BCUT2D eigenvalue weighted by Crippen LogP contribution is 2.44. The molecule has 0 bridgehead atoms. The zero-order valence-electron chi connectivity index (χ0n) is 12.6. The SMILES string of the molecule is C[SiH](C)C1(c2cccc3c2Cc2ccccc2-3)C=CC=C1. The molecule has 2 aliphatic carbocycles. The number of rotatable bonds is 2. The van der Waals surface area contributed by atoms with Crippen LogP contribution >= 0.6 is 0 Å². The van der Waals surface area contributed by atoms with E-state index in [0.29, 0.717) is 0 Å². The molecule has 0 nitrogen and oxygen atoms in total. The third-order valence-corrected chi connectivity index (χ3v) is 7.73. The second-order valence-electron chi connectivity index (χ2n) is 6.47. The molecule has 0 aliphatic heterocycles. The molecule has 0 atom stereocenters. The molecule has 0 radical (unpaired) electrons. The van der Waals surface area contributed by atoms with E-state index >= 15 is 0 Å². The maximum atomic E-state index is 2.46. The third kappa shape index (κ3) is 1.74. The minimum atomic E-state index is -0.891. The van der Waals surface area contributed by atoms with E-state index < -0.39 is 8.80 Å². The van der Waals surface area contributed by atoms with Crippen LogP contribution in [0.2, 0.25) is 13.1 Å². The molecule has 4 rings (SSSR count). The first-order valence-electron chi connectivity index (χ1n) is 7.80. The monoisotopic (exact) mass is 288 g/mol. The van der Waals surface area contributed by atoms with Gasteiger partial charge in [0.2, 0.25) is 0 Å². The molecule has 0 saturated heterocycles. The molecule has 0 unspecified atom stereocenters. The summed E-state index contributed by atoms with van der Waals surface area (Å²) in [6, 6.07) is 15.8. The van der Waals surface area contributed by atoms with E-state index in [1.54, 1.807) is 11.1 Å². The number of benzene rings is 2. The average Bonchev–Trinajstić information content (AvgIpc) is 3.12. The van der Waals surface area contributed by atoms with E-state index in [1.165, 1.54) is 16.7 Å². The van der Waals surface area contributed by atoms with Crippen LogP contribution < -0.4 is 0 Å². The topological polar surface area (TPSA) is 0 Å². The minimum absolute atomic E-state index is 0.202. The molecule has 0 saturated carbocycles. The van der Waals surface area contributed by atoms with E-state index in [9.17, 15) is 0 Å². The summed E-state index contributed by atoms with van der Waals surface area (Å²) in [6.45, 7) is 4.92. The van der Waals surface area contributed by atoms with E-state index in [4.69, 9.17) is 0 Å². The van der Waals surface area contributed by atoms with Gasteiger partial charge in [-0.1, -0.05) is 79.9 Å². The van der Waals surface area contributed by atoms with Crippen molar-refractivity contribution in [2.45, 2.75) is 24.6 Å². The van der Waals surface area contributed by atoms with Gasteiger partial charge in [-0.25, -0.2) is 0 Å². The Hall–Kier alpha value is -1.86. The normalized spacial score (nSPS) is 17.3. The summed E-state index contributed by atoms with van der Waals surface area (Å²) >= 11 is 0. The number of fused-ring (bicyclic) bond motifs is 3. The van der Waals surface area contributed by atoms with Crippen molar-refractivity contribution in [3.8, 4) is 11.1 Å². The Bertz CT molecular complexity index is 753. The van der Waals surface area contributed by atoms with Crippen LogP contribution in [0.4, 0.5) is 0 Å². The van der Waals surface area contributed by atoms with Crippen LogP contribution in [0.1, 0.15) is 16.7 Å². The molecule has 0 heterocycles. The lowest BCUT2D eigenvalue weighted by Crippen LogP contribution is -2.35. The van der Waals surface area contributed by atoms with Gasteiger partial charge in [-0.05, 0) is 34.2 Å². The number of hydrogen-bond acceptors (Lipinski definition) is 0. The third-order valence-electron chi connectivity index (χ3n) is 5.13. The fourth-order valence-corrected chi connectivity index (χ4v) is 5.81. The predicted octanol–water partition coefficient (Wildman–Crippen LogP) is 4.65. The fourth-order valence-electron chi connectivity index (χ4n) is 3.92. The Morgan fingerprint density at radius 1 is 0.857 bits per heavy atom. The zero-order valence-corrected chi connectivity index (χ0v) is 13.8. The first-order valence-corrected chi connectivity index (χ1v) is 10.7. The lowest BCUT2D eigenvalue weighted by molar-refractivity contribution is 0.929. The van der Waals surface area contributed by atoms with E-state index in [-0.39, 0.29) is 5.04 Å². The Kier molecular flexibility index (Phi) is 2.80. The molecule has 104 valence electrons. The van der Waals surface area contributed by atoms with Gasteiger partial charge in [0, 0.05) is 5.04 Å². The van der Waals surface area contributed by atoms with Crippen LogP contribution in [0.3, 0.4) is 0 Å². The van der Waals surface area contributed by atoms with Gasteiger partial charge in [0.15, 0.2) is 0 Å². The lowest BCUT2D eigenvalue weighted by atomic mass is 9.91. The van der Waals surface area contributed by atoms with Crippen LogP contribution in [0, 0.1) is 0 Å². The lowest BCUT2D eigenvalue weighted by Gasteiger charge is -2.32. The highest BCUT2D eigenvalue weighted by atomic mass is 28.3. The molecule has 1 heteroatoms. The Labute approximate surface area is 128 Å². The maximum Gasteiger partial charge on any atom is 0.0523 e. The highest BCUT2D eigenvalue weighted by molar-refractivity contribution is 6.61. The molecule has 0 fully saturated rings. The van der Waals surface area contributed by atoms with Crippen molar-refractivity contribution >= 4 is 8.80 Å². The standard InChI is InChI=1S/C20H20Si/c1-21(2)20(12-5-6-13-20)19-11-7-10-17-16-9-4-3-8-15(16)14-18(17)19/h3-13,21H,14H2,1-2H3. The quantitative estimate of drug-likeness (QED) is 0.602. The summed E-state index contributed by atoms with van der Waals surface area (Å²) in [5.74, 6) is 0. The van der Waals surface area contributed by atoms with E-state index in [1.807, 2.05) is 0 Å². The first-order chi connectivity index (χ1) is 10.2. The second-order valence-corrected chi connectivity index (χ2v) is 9.74. The van der Waals surface area contributed by atoms with Gasteiger partial charge < -0.3 is 0 Å². The Balaban J connectivity index is 1.95. The molecule has 2 aliphatic rings. The predicted molar refractivity (Wildman–Crippen MR) is 93.5 cm³/mol. The van der Waals surface area contributed by atoms with Gasteiger partial charge in [0.05, 0.1) is 8.80 Å². The Morgan fingerprint density at radius 3 is 2.33 bits per heavy atom. The molecule has 0 amide bonds. The van der Waals surface area contributed by atoms with Crippen molar-refractivity contribution in [1.82, 2.24) is 0 Å². The van der Waals surface area contributed by atoms with E-state index in [2.05, 4.69) is 79.9 Å². The minimum Gasteiger partial charge on any atom is -0.0734 e. The summed E-state index contributed by atoms with van der Waals surface area (Å²) in [5, 5.41) is 0.202. The van der Waals surface area contributed by atoms with Crippen molar-refractivity contribution in [2.24, 2.45) is 0 Å². The molecule has 21 heavy (non-hydrogen) atoms. The smallest absolute Gasteiger partial charge is 0.0523 e. The number of hydrogen-bond donors (Lipinski definition) is 0. The number of allylic oxidation sites excluding steroid dienone is 4. The van der Waals surface area contributed by atoms with Crippen LogP contribution in [-0.2, 0) is 11.5 Å². The molecular weight excluding hydrogens is 268 g/mol. The average molecular weight is 288 g/mol. The van der Waals surface area contributed by atoms with Crippen molar-refractivity contribution in [1.29, 1.82) is 0 Å². The van der Waals surface area contributed by atoms with Crippen LogP contribution in [0.5, 0.6) is 0 Å².